The van der Waals surface area contributed by atoms with E-state index in [9.17, 15) is 22.4 Å². The van der Waals surface area contributed by atoms with E-state index in [2.05, 4.69) is 5.32 Å². The van der Waals surface area contributed by atoms with E-state index in [-0.39, 0.29) is 46.3 Å². The lowest BCUT2D eigenvalue weighted by atomic mass is 9.95. The largest absolute Gasteiger partial charge is 0.493 e. The maximum absolute atomic E-state index is 14.3. The van der Waals surface area contributed by atoms with Gasteiger partial charge in [0.1, 0.15) is 18.4 Å². The van der Waals surface area contributed by atoms with Crippen LogP contribution in [0.1, 0.15) is 51.0 Å². The second-order valence-electron chi connectivity index (χ2n) is 11.0. The fourth-order valence-electron chi connectivity index (χ4n) is 5.54. The van der Waals surface area contributed by atoms with Gasteiger partial charge in [0.05, 0.1) is 34.8 Å². The van der Waals surface area contributed by atoms with Gasteiger partial charge in [0.15, 0.2) is 11.5 Å². The van der Waals surface area contributed by atoms with Gasteiger partial charge in [-0.25, -0.2) is 12.8 Å². The number of hydrogen-bond acceptors (Lipinski definition) is 6. The maximum Gasteiger partial charge on any atom is 0.264 e. The van der Waals surface area contributed by atoms with E-state index in [1.807, 2.05) is 0 Å². The highest BCUT2D eigenvalue weighted by molar-refractivity contribution is 7.92. The van der Waals surface area contributed by atoms with Crippen LogP contribution < -0.4 is 19.1 Å². The summed E-state index contributed by atoms with van der Waals surface area (Å²) in [5.74, 6) is -1.07. The molecule has 0 saturated heterocycles. The molecule has 1 atom stereocenters. The summed E-state index contributed by atoms with van der Waals surface area (Å²) < 4.78 is 53.7. The van der Waals surface area contributed by atoms with Crippen molar-refractivity contribution < 1.29 is 31.9 Å². The molecule has 0 unspecified atom stereocenters. The average molecular weight is 695 g/mol. The van der Waals surface area contributed by atoms with Crippen LogP contribution in [0.2, 0.25) is 10.0 Å². The minimum Gasteiger partial charge on any atom is -0.493 e. The first-order chi connectivity index (χ1) is 22.0. The maximum atomic E-state index is 14.3. The summed E-state index contributed by atoms with van der Waals surface area (Å²) in [6, 6.07) is 12.8. The first-order valence-electron chi connectivity index (χ1n) is 15.0. The fourth-order valence-corrected chi connectivity index (χ4v) is 7.29. The molecule has 0 heterocycles. The van der Waals surface area contributed by atoms with Crippen LogP contribution in [0.3, 0.4) is 0 Å². The van der Waals surface area contributed by atoms with Crippen molar-refractivity contribution in [2.75, 3.05) is 25.1 Å². The Hall–Kier alpha value is -3.54. The quantitative estimate of drug-likeness (QED) is 0.216. The van der Waals surface area contributed by atoms with Crippen molar-refractivity contribution in [2.45, 2.75) is 69.0 Å². The Morgan fingerprint density at radius 1 is 0.935 bits per heavy atom. The van der Waals surface area contributed by atoms with Crippen molar-refractivity contribution in [3.8, 4) is 11.5 Å². The van der Waals surface area contributed by atoms with Gasteiger partial charge in [-0.3, -0.25) is 13.9 Å². The van der Waals surface area contributed by atoms with Gasteiger partial charge in [-0.1, -0.05) is 55.5 Å². The molecule has 3 aromatic carbocycles. The standard InChI is InChI=1S/C33H38Cl2FN3O6S/c1-4-29(33(41)37-24-8-6-5-7-9-24)38(20-22-10-16-27(34)28(35)18-22)32(40)21-39(25-13-11-23(36)12-14-25)46(42,43)26-15-17-30(44-2)31(19-26)45-3/h10-19,24,29H,4-9,20-21H2,1-3H3,(H,37,41)/t29-/m1/s1. The summed E-state index contributed by atoms with van der Waals surface area (Å²) in [5.41, 5.74) is 0.654. The highest BCUT2D eigenvalue weighted by Gasteiger charge is 2.35. The van der Waals surface area contributed by atoms with Crippen molar-refractivity contribution in [3.05, 3.63) is 82.1 Å². The van der Waals surface area contributed by atoms with E-state index < -0.39 is 34.3 Å². The summed E-state index contributed by atoms with van der Waals surface area (Å²) >= 11 is 12.4. The molecular weight excluding hydrogens is 656 g/mol. The van der Waals surface area contributed by atoms with E-state index in [1.165, 1.54) is 49.5 Å². The van der Waals surface area contributed by atoms with Crippen molar-refractivity contribution in [1.29, 1.82) is 0 Å². The van der Waals surface area contributed by atoms with Crippen LogP contribution in [0.25, 0.3) is 0 Å². The molecule has 4 rings (SSSR count). The SMILES string of the molecule is CC[C@H](C(=O)NC1CCCCC1)N(Cc1ccc(Cl)c(Cl)c1)C(=O)CN(c1ccc(F)cc1)S(=O)(=O)c1ccc(OC)c(OC)c1. The fraction of sp³-hybridized carbons (Fsp3) is 0.394. The normalized spacial score (nSPS) is 14.3. The third-order valence-electron chi connectivity index (χ3n) is 8.01. The summed E-state index contributed by atoms with van der Waals surface area (Å²) in [6.07, 6.45) is 5.10. The van der Waals surface area contributed by atoms with Gasteiger partial charge >= 0.3 is 0 Å². The van der Waals surface area contributed by atoms with Crippen molar-refractivity contribution in [2.24, 2.45) is 0 Å². The van der Waals surface area contributed by atoms with Crippen LogP contribution in [0.4, 0.5) is 10.1 Å². The monoisotopic (exact) mass is 693 g/mol. The van der Waals surface area contributed by atoms with E-state index in [0.717, 1.165) is 48.5 Å². The van der Waals surface area contributed by atoms with Crippen LogP contribution in [0.15, 0.2) is 65.6 Å². The van der Waals surface area contributed by atoms with E-state index in [0.29, 0.717) is 16.3 Å². The van der Waals surface area contributed by atoms with Crippen LogP contribution in [-0.4, -0.2) is 58.0 Å². The number of nitrogens with zero attached hydrogens (tertiary/aromatic N) is 2. The molecule has 46 heavy (non-hydrogen) atoms. The molecule has 0 spiro atoms. The summed E-state index contributed by atoms with van der Waals surface area (Å²) in [4.78, 5) is 29.2. The first kappa shape index (κ1) is 35.3. The lowest BCUT2D eigenvalue weighted by Crippen LogP contribution is -2.54. The summed E-state index contributed by atoms with van der Waals surface area (Å²) in [6.45, 7) is 1.06. The Bertz CT molecular complexity index is 1630. The zero-order valence-corrected chi connectivity index (χ0v) is 28.3. The Morgan fingerprint density at radius 3 is 2.22 bits per heavy atom. The summed E-state index contributed by atoms with van der Waals surface area (Å²) in [7, 11) is -1.63. The third kappa shape index (κ3) is 8.43. The molecule has 1 aliphatic rings. The topological polar surface area (TPSA) is 105 Å². The van der Waals surface area contributed by atoms with Crippen molar-refractivity contribution in [1.82, 2.24) is 10.2 Å². The molecule has 0 aliphatic heterocycles. The Balaban J connectivity index is 1.74. The number of amides is 2. The molecule has 1 saturated carbocycles. The van der Waals surface area contributed by atoms with Gasteiger partial charge in [-0.2, -0.15) is 0 Å². The lowest BCUT2D eigenvalue weighted by Gasteiger charge is -2.34. The number of rotatable bonds is 13. The molecule has 0 bridgehead atoms. The second-order valence-corrected chi connectivity index (χ2v) is 13.7. The minimum absolute atomic E-state index is 0.00151. The number of halogens is 3. The number of ether oxygens (including phenoxy) is 2. The van der Waals surface area contributed by atoms with Crippen LogP contribution in [0, 0.1) is 5.82 Å². The van der Waals surface area contributed by atoms with Crippen molar-refractivity contribution in [3.63, 3.8) is 0 Å². The molecule has 0 radical (unpaired) electrons. The third-order valence-corrected chi connectivity index (χ3v) is 10.5. The van der Waals surface area contributed by atoms with Crippen molar-refractivity contribution >= 4 is 50.7 Å². The average Bonchev–Trinajstić information content (AvgIpc) is 3.05. The highest BCUT2D eigenvalue weighted by Crippen LogP contribution is 2.33. The predicted molar refractivity (Wildman–Crippen MR) is 177 cm³/mol. The minimum atomic E-state index is -4.42. The van der Waals surface area contributed by atoms with Gasteiger partial charge in [-0.05, 0) is 73.4 Å². The number of nitrogens with one attached hydrogen (secondary N) is 1. The lowest BCUT2D eigenvalue weighted by molar-refractivity contribution is -0.140. The van der Waals surface area contributed by atoms with Crippen LogP contribution in [-0.2, 0) is 26.2 Å². The zero-order chi connectivity index (χ0) is 33.4. The van der Waals surface area contributed by atoms with Crippen LogP contribution >= 0.6 is 23.2 Å². The number of methoxy groups -OCH3 is 2. The Kier molecular flexibility index (Phi) is 12.2. The number of carbonyl (C=O) groups excluding carboxylic acids is 2. The summed E-state index contributed by atoms with van der Waals surface area (Å²) in [5, 5.41) is 3.70. The Labute approximate surface area is 279 Å². The number of anilines is 1. The van der Waals surface area contributed by atoms with E-state index in [1.54, 1.807) is 25.1 Å². The predicted octanol–water partition coefficient (Wildman–Crippen LogP) is 6.60. The highest BCUT2D eigenvalue weighted by atomic mass is 35.5. The Morgan fingerprint density at radius 2 is 1.61 bits per heavy atom. The van der Waals surface area contributed by atoms with Gasteiger partial charge in [0.2, 0.25) is 11.8 Å². The number of sulfonamides is 1. The second kappa shape index (κ2) is 15.8. The van der Waals surface area contributed by atoms with Crippen LogP contribution in [0.5, 0.6) is 11.5 Å². The molecule has 1 aliphatic carbocycles. The molecule has 1 N–H and O–H groups in total. The molecular formula is C33H38Cl2FN3O6S. The van der Waals surface area contributed by atoms with Gasteiger partial charge < -0.3 is 19.7 Å². The molecule has 1 fully saturated rings. The molecule has 0 aromatic heterocycles. The molecule has 248 valence electrons. The number of carbonyl (C=O) groups is 2. The number of hydrogen-bond donors (Lipinski definition) is 1. The molecule has 9 nitrogen and oxygen atoms in total. The molecule has 3 aromatic rings. The molecule has 2 amide bonds. The number of benzene rings is 3. The van der Waals surface area contributed by atoms with Gasteiger partial charge in [0.25, 0.3) is 10.0 Å². The smallest absolute Gasteiger partial charge is 0.264 e. The molecule has 13 heteroatoms. The van der Waals surface area contributed by atoms with Gasteiger partial charge in [0, 0.05) is 18.7 Å². The van der Waals surface area contributed by atoms with E-state index >= 15 is 0 Å². The van der Waals surface area contributed by atoms with E-state index in [4.69, 9.17) is 32.7 Å². The van der Waals surface area contributed by atoms with Gasteiger partial charge in [-0.15, -0.1) is 0 Å². The first-order valence-corrected chi connectivity index (χ1v) is 17.2. The zero-order valence-electron chi connectivity index (χ0n) is 26.0.